The maximum Gasteiger partial charge on any atom is 0.222 e. The highest BCUT2D eigenvalue weighted by Gasteiger charge is 2.07. The van der Waals surface area contributed by atoms with Crippen LogP contribution in [0.2, 0.25) is 0 Å². The number of carbonyl (C=O) groups is 1. The third-order valence-electron chi connectivity index (χ3n) is 3.49. The summed E-state index contributed by atoms with van der Waals surface area (Å²) in [6.45, 7) is 4.36. The van der Waals surface area contributed by atoms with Gasteiger partial charge in [-0.1, -0.05) is 50.2 Å². The van der Waals surface area contributed by atoms with Crippen LogP contribution < -0.4 is 5.32 Å². The normalized spacial score (nSPS) is 11.0. The number of hydrogen-bond donors (Lipinski definition) is 1. The van der Waals surface area contributed by atoms with E-state index in [1.165, 1.54) is 4.70 Å². The Hall–Kier alpha value is -2.20. The second kappa shape index (κ2) is 6.28. The van der Waals surface area contributed by atoms with E-state index in [9.17, 15) is 4.79 Å². The van der Waals surface area contributed by atoms with Crippen LogP contribution >= 0.6 is 11.3 Å². The van der Waals surface area contributed by atoms with Crippen molar-refractivity contribution in [1.29, 1.82) is 0 Å². The molecular weight excluding hydrogens is 292 g/mol. The summed E-state index contributed by atoms with van der Waals surface area (Å²) in [4.78, 5) is 16.2. The molecule has 0 saturated heterocycles. The largest absolute Gasteiger partial charge is 0.352 e. The third kappa shape index (κ3) is 3.17. The highest BCUT2D eigenvalue weighted by Crippen LogP contribution is 2.29. The molecule has 22 heavy (non-hydrogen) atoms. The zero-order chi connectivity index (χ0) is 15.5. The molecule has 0 bridgehead atoms. The molecule has 3 nitrogen and oxygen atoms in total. The van der Waals surface area contributed by atoms with E-state index in [-0.39, 0.29) is 11.8 Å². The van der Waals surface area contributed by atoms with Crippen molar-refractivity contribution in [2.24, 2.45) is 5.92 Å². The smallest absolute Gasteiger partial charge is 0.222 e. The minimum Gasteiger partial charge on any atom is -0.352 e. The monoisotopic (exact) mass is 310 g/mol. The molecule has 1 N–H and O–H groups in total. The highest BCUT2D eigenvalue weighted by molar-refractivity contribution is 7.21. The second-order valence-corrected chi connectivity index (χ2v) is 6.59. The van der Waals surface area contributed by atoms with E-state index < -0.39 is 0 Å². The SMILES string of the molecule is CC(C)C(=O)NCc1ccc(-c2nc3ccccc3s2)cc1. The number of fused-ring (bicyclic) bond motifs is 1. The Morgan fingerprint density at radius 1 is 1.14 bits per heavy atom. The Labute approximate surface area is 134 Å². The first-order valence-electron chi connectivity index (χ1n) is 7.36. The van der Waals surface area contributed by atoms with Crippen molar-refractivity contribution in [3.05, 3.63) is 54.1 Å². The van der Waals surface area contributed by atoms with Crippen molar-refractivity contribution in [3.63, 3.8) is 0 Å². The third-order valence-corrected chi connectivity index (χ3v) is 4.57. The number of nitrogens with zero attached hydrogens (tertiary/aromatic N) is 1. The van der Waals surface area contributed by atoms with Gasteiger partial charge < -0.3 is 5.32 Å². The molecule has 0 saturated carbocycles. The minimum atomic E-state index is 0.0158. The van der Waals surface area contributed by atoms with Gasteiger partial charge in [0.25, 0.3) is 0 Å². The summed E-state index contributed by atoms with van der Waals surface area (Å²) in [6.07, 6.45) is 0. The van der Waals surface area contributed by atoms with Crippen LogP contribution in [0.1, 0.15) is 19.4 Å². The van der Waals surface area contributed by atoms with Gasteiger partial charge >= 0.3 is 0 Å². The number of thiazole rings is 1. The molecule has 1 aromatic heterocycles. The lowest BCUT2D eigenvalue weighted by molar-refractivity contribution is -0.124. The van der Waals surface area contributed by atoms with Crippen LogP contribution in [0.5, 0.6) is 0 Å². The van der Waals surface area contributed by atoms with Crippen LogP contribution in [0.25, 0.3) is 20.8 Å². The minimum absolute atomic E-state index is 0.0158. The van der Waals surface area contributed by atoms with Gasteiger partial charge in [0.2, 0.25) is 5.91 Å². The molecule has 1 heterocycles. The first-order chi connectivity index (χ1) is 10.6. The van der Waals surface area contributed by atoms with Crippen LogP contribution in [0, 0.1) is 5.92 Å². The molecule has 0 unspecified atom stereocenters. The number of amides is 1. The Morgan fingerprint density at radius 2 is 1.86 bits per heavy atom. The van der Waals surface area contributed by atoms with Crippen LogP contribution in [-0.2, 0) is 11.3 Å². The molecule has 0 fully saturated rings. The molecule has 1 amide bonds. The predicted molar refractivity (Wildman–Crippen MR) is 91.7 cm³/mol. The molecular formula is C18H18N2OS. The van der Waals surface area contributed by atoms with Crippen molar-refractivity contribution < 1.29 is 4.79 Å². The molecule has 3 rings (SSSR count). The molecule has 0 atom stereocenters. The Kier molecular flexibility index (Phi) is 4.20. The fourth-order valence-electron chi connectivity index (χ4n) is 2.15. The number of aromatic nitrogens is 1. The van der Waals surface area contributed by atoms with E-state index in [1.807, 2.05) is 44.2 Å². The molecule has 3 aromatic rings. The van der Waals surface area contributed by atoms with Crippen LogP contribution in [0.3, 0.4) is 0 Å². The number of carbonyl (C=O) groups excluding carboxylic acids is 1. The predicted octanol–water partition coefficient (Wildman–Crippen LogP) is 4.24. The number of para-hydroxylation sites is 1. The molecule has 0 spiro atoms. The average Bonchev–Trinajstić information content (AvgIpc) is 2.97. The summed E-state index contributed by atoms with van der Waals surface area (Å²) in [5.41, 5.74) is 3.25. The molecule has 112 valence electrons. The molecule has 0 aliphatic carbocycles. The molecule has 0 radical (unpaired) electrons. The van der Waals surface area contributed by atoms with Crippen LogP contribution in [0.4, 0.5) is 0 Å². The van der Waals surface area contributed by atoms with E-state index in [0.717, 1.165) is 21.7 Å². The van der Waals surface area contributed by atoms with Gasteiger partial charge in [0.15, 0.2) is 0 Å². The first kappa shape index (κ1) is 14.7. The summed E-state index contributed by atoms with van der Waals surface area (Å²) in [5.74, 6) is 0.0947. The van der Waals surface area contributed by atoms with Crippen molar-refractivity contribution in [3.8, 4) is 10.6 Å². The average molecular weight is 310 g/mol. The Bertz CT molecular complexity index is 757. The highest BCUT2D eigenvalue weighted by atomic mass is 32.1. The zero-order valence-corrected chi connectivity index (χ0v) is 13.5. The van der Waals surface area contributed by atoms with E-state index in [0.29, 0.717) is 6.54 Å². The van der Waals surface area contributed by atoms with Gasteiger partial charge in [-0.3, -0.25) is 4.79 Å². The maximum absolute atomic E-state index is 11.6. The van der Waals surface area contributed by atoms with Gasteiger partial charge in [0.05, 0.1) is 10.2 Å². The summed E-state index contributed by atoms with van der Waals surface area (Å²) in [5, 5.41) is 3.95. The summed E-state index contributed by atoms with van der Waals surface area (Å²) in [6, 6.07) is 16.4. The lowest BCUT2D eigenvalue weighted by Gasteiger charge is -2.07. The van der Waals surface area contributed by atoms with Gasteiger partial charge in [0.1, 0.15) is 5.01 Å². The fourth-order valence-corrected chi connectivity index (χ4v) is 3.13. The lowest BCUT2D eigenvalue weighted by Crippen LogP contribution is -2.27. The van der Waals surface area contributed by atoms with Crippen molar-refractivity contribution in [2.75, 3.05) is 0 Å². The van der Waals surface area contributed by atoms with Crippen molar-refractivity contribution >= 4 is 27.5 Å². The van der Waals surface area contributed by atoms with Crippen molar-refractivity contribution in [1.82, 2.24) is 10.3 Å². The molecule has 0 aliphatic heterocycles. The number of benzene rings is 2. The van der Waals surface area contributed by atoms with E-state index in [2.05, 4.69) is 28.5 Å². The quantitative estimate of drug-likeness (QED) is 0.783. The van der Waals surface area contributed by atoms with Gasteiger partial charge in [-0.2, -0.15) is 0 Å². The van der Waals surface area contributed by atoms with E-state index >= 15 is 0 Å². The number of nitrogens with one attached hydrogen (secondary N) is 1. The van der Waals surface area contributed by atoms with Gasteiger partial charge in [-0.05, 0) is 17.7 Å². The van der Waals surface area contributed by atoms with Gasteiger partial charge in [-0.25, -0.2) is 4.98 Å². The molecule has 0 aliphatic rings. The topological polar surface area (TPSA) is 42.0 Å². The van der Waals surface area contributed by atoms with E-state index in [4.69, 9.17) is 0 Å². The molecule has 2 aromatic carbocycles. The van der Waals surface area contributed by atoms with Gasteiger partial charge in [0, 0.05) is 18.0 Å². The maximum atomic E-state index is 11.6. The van der Waals surface area contributed by atoms with Crippen LogP contribution in [-0.4, -0.2) is 10.9 Å². The number of hydrogen-bond acceptors (Lipinski definition) is 3. The van der Waals surface area contributed by atoms with E-state index in [1.54, 1.807) is 11.3 Å². The zero-order valence-electron chi connectivity index (χ0n) is 12.7. The standard InChI is InChI=1S/C18H18N2OS/c1-12(2)17(21)19-11-13-7-9-14(10-8-13)18-20-15-5-3-4-6-16(15)22-18/h3-10,12H,11H2,1-2H3,(H,19,21). The lowest BCUT2D eigenvalue weighted by atomic mass is 10.1. The summed E-state index contributed by atoms with van der Waals surface area (Å²) >= 11 is 1.70. The first-order valence-corrected chi connectivity index (χ1v) is 8.18. The summed E-state index contributed by atoms with van der Waals surface area (Å²) in [7, 11) is 0. The fraction of sp³-hybridized carbons (Fsp3) is 0.222. The van der Waals surface area contributed by atoms with Crippen LogP contribution in [0.15, 0.2) is 48.5 Å². The van der Waals surface area contributed by atoms with Gasteiger partial charge in [-0.15, -0.1) is 11.3 Å². The number of rotatable bonds is 4. The Balaban J connectivity index is 1.75. The Morgan fingerprint density at radius 3 is 2.55 bits per heavy atom. The second-order valence-electron chi connectivity index (χ2n) is 5.56. The van der Waals surface area contributed by atoms with Crippen molar-refractivity contribution in [2.45, 2.75) is 20.4 Å². The summed E-state index contributed by atoms with van der Waals surface area (Å²) < 4.78 is 1.20. The molecule has 4 heteroatoms.